The first-order valence-electron chi connectivity index (χ1n) is 32.1. The molecule has 3 saturated heterocycles. The van der Waals surface area contributed by atoms with Gasteiger partial charge in [-0.3, -0.25) is 38.6 Å². The van der Waals surface area contributed by atoms with Crippen LogP contribution in [-0.2, 0) is 72.5 Å². The number of Topliss-reactive ketones (excluding diaryl/α,β-unsaturated/α-hetero) is 2. The maximum absolute atomic E-state index is 15.3. The predicted octanol–water partition coefficient (Wildman–Crippen LogP) is 8.54. The smallest absolute Gasteiger partial charge is 0.410 e. The van der Waals surface area contributed by atoms with Crippen molar-refractivity contribution in [1.29, 1.82) is 0 Å². The number of rotatable bonds is 19. The molecule has 4 aromatic rings. The number of para-hydroxylation sites is 1. The molecule has 3 fully saturated rings. The van der Waals surface area contributed by atoms with Crippen LogP contribution in [-0.4, -0.2) is 187 Å². The second-order valence-electron chi connectivity index (χ2n) is 27.8. The molecule has 93 heavy (non-hydrogen) atoms. The van der Waals surface area contributed by atoms with Crippen LogP contribution < -0.4 is 15.5 Å². The summed E-state index contributed by atoms with van der Waals surface area (Å²) in [7, 11) is 1.43. The summed E-state index contributed by atoms with van der Waals surface area (Å²) in [4.78, 5) is 125. The highest BCUT2D eigenvalue weighted by molar-refractivity contribution is 6.04. The Hall–Kier alpha value is -7.73. The molecule has 5 aliphatic rings. The number of amides is 6. The average molecular weight is 1290 g/mol. The molecule has 5 heterocycles. The van der Waals surface area contributed by atoms with Crippen LogP contribution >= 0.6 is 0 Å². The predicted molar refractivity (Wildman–Crippen MR) is 342 cm³/mol. The summed E-state index contributed by atoms with van der Waals surface area (Å²) in [6, 6.07) is 16.7. The van der Waals surface area contributed by atoms with E-state index in [1.54, 1.807) is 74.8 Å². The van der Waals surface area contributed by atoms with Crippen molar-refractivity contribution >= 4 is 58.8 Å². The summed E-state index contributed by atoms with van der Waals surface area (Å²) >= 11 is 0. The van der Waals surface area contributed by atoms with E-state index in [0.29, 0.717) is 94.2 Å². The lowest BCUT2D eigenvalue weighted by Crippen LogP contribution is -2.64. The van der Waals surface area contributed by atoms with Crippen LogP contribution in [0.1, 0.15) is 128 Å². The molecule has 0 radical (unpaired) electrons. The molecular formula is C70H89F3N8O12. The number of fused-ring (bicyclic) bond motifs is 2. The van der Waals surface area contributed by atoms with E-state index in [-0.39, 0.29) is 73.8 Å². The van der Waals surface area contributed by atoms with Gasteiger partial charge in [0.15, 0.2) is 11.6 Å². The molecule has 7 atom stereocenters. The Morgan fingerprint density at radius 3 is 2.11 bits per heavy atom. The molecule has 0 aliphatic carbocycles. The van der Waals surface area contributed by atoms with Gasteiger partial charge in [-0.05, 0) is 158 Å². The monoisotopic (exact) mass is 1290 g/mol. The zero-order chi connectivity index (χ0) is 67.4. The zero-order valence-electron chi connectivity index (χ0n) is 55.3. The highest BCUT2D eigenvalue weighted by Crippen LogP contribution is 2.44. The number of carbonyl (C=O) groups excluding carboxylic acids is 8. The van der Waals surface area contributed by atoms with Gasteiger partial charge in [0.2, 0.25) is 17.7 Å². The molecule has 4 aromatic carbocycles. The molecule has 0 bridgehead atoms. The van der Waals surface area contributed by atoms with E-state index >= 15 is 18.4 Å². The number of hydrogen-bond acceptors (Lipinski definition) is 14. The molecule has 0 unspecified atom stereocenters. The number of ether oxygens (including phenoxy) is 4. The van der Waals surface area contributed by atoms with Gasteiger partial charge in [0.1, 0.15) is 40.4 Å². The normalized spacial score (nSPS) is 21.9. The summed E-state index contributed by atoms with van der Waals surface area (Å²) < 4.78 is 67.3. The van der Waals surface area contributed by atoms with Crippen molar-refractivity contribution < 1.29 is 70.5 Å². The number of carbonyl (C=O) groups is 8. The van der Waals surface area contributed by atoms with Gasteiger partial charge in [0.25, 0.3) is 5.91 Å². The van der Waals surface area contributed by atoms with Gasteiger partial charge >= 0.3 is 12.2 Å². The van der Waals surface area contributed by atoms with E-state index < -0.39 is 100.0 Å². The Morgan fingerprint density at radius 2 is 1.44 bits per heavy atom. The molecule has 23 heteroatoms. The fourth-order valence-corrected chi connectivity index (χ4v) is 13.2. The van der Waals surface area contributed by atoms with Crippen molar-refractivity contribution in [3.05, 3.63) is 130 Å². The van der Waals surface area contributed by atoms with Crippen LogP contribution in [0.2, 0.25) is 0 Å². The van der Waals surface area contributed by atoms with Gasteiger partial charge in [-0.15, -0.1) is 0 Å². The number of anilines is 2. The van der Waals surface area contributed by atoms with E-state index in [4.69, 9.17) is 18.9 Å². The lowest BCUT2D eigenvalue weighted by atomic mass is 9.80. The molecule has 9 rings (SSSR count). The van der Waals surface area contributed by atoms with E-state index in [1.807, 2.05) is 45.9 Å². The van der Waals surface area contributed by atoms with Crippen LogP contribution in [0, 0.1) is 29.3 Å². The SMILES string of the molecule is C[C@@H]1COCCN1C[C@H]1CN(C(=O)OC(C)(C)C)[C@H](C)CN1CC(=O)N1C[C@](C)(C(=O)NCC(=O)Cc2ccc3c(c2)[C@@H](C(=O)Nc2c(F)cccc2F)N(C(=O)[C@@H](CC(=O)[C@H](C)N(C)C(=O)OC(C)(C)C)C2CCOCC2)C3)c2ccc(Cc3ccc(F)cc3)cc21. The second kappa shape index (κ2) is 28.9. The Bertz CT molecular complexity index is 3440. The average Bonchev–Trinajstić information content (AvgIpc) is 1.61. The van der Waals surface area contributed by atoms with Crippen molar-refractivity contribution in [2.45, 2.75) is 155 Å². The number of nitrogens with one attached hydrogen (secondary N) is 2. The van der Waals surface area contributed by atoms with Crippen molar-refractivity contribution in [1.82, 2.24) is 29.8 Å². The number of benzene rings is 4. The summed E-state index contributed by atoms with van der Waals surface area (Å²) in [6.45, 7) is 20.7. The molecule has 502 valence electrons. The van der Waals surface area contributed by atoms with Gasteiger partial charge in [-0.2, -0.15) is 0 Å². The topological polar surface area (TPSA) is 217 Å². The number of hydrogen-bond donors (Lipinski definition) is 2. The molecule has 2 N–H and O–H groups in total. The number of piperazine rings is 1. The van der Waals surface area contributed by atoms with Crippen LogP contribution in [0.4, 0.5) is 34.1 Å². The van der Waals surface area contributed by atoms with Gasteiger partial charge < -0.3 is 49.2 Å². The molecule has 0 spiro atoms. The minimum absolute atomic E-state index is 0.0480. The van der Waals surface area contributed by atoms with E-state index in [0.717, 1.165) is 29.3 Å². The highest BCUT2D eigenvalue weighted by atomic mass is 19.1. The third-order valence-electron chi connectivity index (χ3n) is 18.5. The minimum atomic E-state index is -1.49. The maximum atomic E-state index is 15.3. The summed E-state index contributed by atoms with van der Waals surface area (Å²) in [6.07, 6.45) is -0.511. The maximum Gasteiger partial charge on any atom is 0.410 e. The van der Waals surface area contributed by atoms with E-state index in [1.165, 1.54) is 29.0 Å². The lowest BCUT2D eigenvalue weighted by Gasteiger charge is -2.47. The molecule has 5 aliphatic heterocycles. The Labute approximate surface area is 542 Å². The standard InChI is InChI=1S/C70H89F3N8O12/c1-42-35-78(51(37-77-25-28-91-40-43(77)2)38-79(42)67(89)93-69(7,8)9)39-60(84)81-41-70(10,55-22-18-46(32-58(55)81)29-45-16-20-50(71)21-17-45)65(87)74-34-52(82)30-47-15-19-49-36-80(62(53(49)31-47)63(85)75-61-56(72)13-12-14-57(61)73)64(86)54(48-23-26-90-27-24-48)33-59(83)44(3)76(11)66(88)92-68(4,5)6/h12-22,31-32,42-44,48,51,54,62H,23-30,33-41H2,1-11H3,(H,74,87)(H,75,85)/t42-,43-,44+,51+,54+,62+,70+/m1/s1. The fraction of sp³-hybridized carbons (Fsp3) is 0.543. The van der Waals surface area contributed by atoms with E-state index in [2.05, 4.69) is 27.4 Å². The van der Waals surface area contributed by atoms with Crippen LogP contribution in [0.5, 0.6) is 0 Å². The molecular weight excluding hydrogens is 1200 g/mol. The van der Waals surface area contributed by atoms with Crippen molar-refractivity contribution in [3.8, 4) is 0 Å². The second-order valence-corrected chi connectivity index (χ2v) is 27.8. The number of halogens is 3. The van der Waals surface area contributed by atoms with Crippen LogP contribution in [0.3, 0.4) is 0 Å². The molecule has 20 nitrogen and oxygen atoms in total. The van der Waals surface area contributed by atoms with Crippen LogP contribution in [0.15, 0.2) is 78.9 Å². The molecule has 0 aromatic heterocycles. The number of morpholine rings is 1. The fourth-order valence-electron chi connectivity index (χ4n) is 13.2. The third-order valence-corrected chi connectivity index (χ3v) is 18.5. The lowest BCUT2D eigenvalue weighted by molar-refractivity contribution is -0.147. The van der Waals surface area contributed by atoms with Crippen molar-refractivity contribution in [2.75, 3.05) is 89.5 Å². The molecule has 6 amide bonds. The Kier molecular flexibility index (Phi) is 21.6. The van der Waals surface area contributed by atoms with Gasteiger partial charge in [0.05, 0.1) is 37.8 Å². The first-order chi connectivity index (χ1) is 43.9. The quantitative estimate of drug-likeness (QED) is 0.0900. The minimum Gasteiger partial charge on any atom is -0.444 e. The Balaban J connectivity index is 0.947. The first kappa shape index (κ1) is 69.6. The number of nitrogens with zero attached hydrogens (tertiary/aromatic N) is 6. The zero-order valence-corrected chi connectivity index (χ0v) is 55.3. The molecule has 0 saturated carbocycles. The van der Waals surface area contributed by atoms with Crippen molar-refractivity contribution in [3.63, 3.8) is 0 Å². The van der Waals surface area contributed by atoms with Crippen molar-refractivity contribution in [2.24, 2.45) is 11.8 Å². The van der Waals surface area contributed by atoms with Gasteiger partial charge in [0, 0.05) is 102 Å². The van der Waals surface area contributed by atoms with E-state index in [9.17, 15) is 33.2 Å². The Morgan fingerprint density at radius 1 is 0.774 bits per heavy atom. The first-order valence-corrected chi connectivity index (χ1v) is 32.1. The highest BCUT2D eigenvalue weighted by Gasteiger charge is 2.49. The number of ketones is 2. The summed E-state index contributed by atoms with van der Waals surface area (Å²) in [5, 5.41) is 5.23. The summed E-state index contributed by atoms with van der Waals surface area (Å²) in [5.41, 5.74) is 0.206. The van der Waals surface area contributed by atoms with Gasteiger partial charge in [-0.1, -0.05) is 48.5 Å². The largest absolute Gasteiger partial charge is 0.444 e. The summed E-state index contributed by atoms with van der Waals surface area (Å²) in [5.74, 6) is -7.07. The number of likely N-dealkylation sites (N-methyl/N-ethyl adjacent to an activating group) is 1. The third kappa shape index (κ3) is 16.6. The van der Waals surface area contributed by atoms with Gasteiger partial charge in [-0.25, -0.2) is 22.8 Å². The van der Waals surface area contributed by atoms with Crippen LogP contribution in [0.25, 0.3) is 0 Å².